The number of nitrogens with one attached hydrogen (secondary N) is 3. The number of nitrogens with zero attached hydrogens (tertiary/aromatic N) is 1. The summed E-state index contributed by atoms with van der Waals surface area (Å²) < 4.78 is 11.4. The van der Waals surface area contributed by atoms with Gasteiger partial charge in [0.1, 0.15) is 0 Å². The molecule has 7 nitrogen and oxygen atoms in total. The van der Waals surface area contributed by atoms with Crippen molar-refractivity contribution < 1.29 is 14.3 Å². The summed E-state index contributed by atoms with van der Waals surface area (Å²) in [6, 6.07) is 13.7. The summed E-state index contributed by atoms with van der Waals surface area (Å²) >= 11 is 0. The van der Waals surface area contributed by atoms with Crippen molar-refractivity contribution in [3.8, 4) is 11.5 Å². The van der Waals surface area contributed by atoms with Gasteiger partial charge in [0.25, 0.3) is 0 Å². The molecule has 2 rings (SSSR count). The Morgan fingerprint density at radius 1 is 1.03 bits per heavy atom. The van der Waals surface area contributed by atoms with Crippen LogP contribution in [-0.2, 0) is 11.3 Å². The Bertz CT molecular complexity index is 883. The molecule has 168 valence electrons. The van der Waals surface area contributed by atoms with Gasteiger partial charge in [-0.3, -0.25) is 4.79 Å². The Kier molecular flexibility index (Phi) is 9.68. The van der Waals surface area contributed by atoms with Crippen LogP contribution in [0.4, 0.5) is 5.69 Å². The van der Waals surface area contributed by atoms with E-state index in [4.69, 9.17) is 14.5 Å². The van der Waals surface area contributed by atoms with E-state index in [0.717, 1.165) is 34.9 Å². The summed E-state index contributed by atoms with van der Waals surface area (Å²) in [4.78, 5) is 16.0. The first kappa shape index (κ1) is 24.1. The molecule has 0 aliphatic rings. The second-order valence-corrected chi connectivity index (χ2v) is 7.01. The molecule has 31 heavy (non-hydrogen) atoms. The van der Waals surface area contributed by atoms with E-state index in [1.165, 1.54) is 6.92 Å². The third-order valence-corrected chi connectivity index (χ3v) is 4.43. The molecule has 0 bridgehead atoms. The maximum Gasteiger partial charge on any atom is 0.221 e. The second-order valence-electron chi connectivity index (χ2n) is 7.01. The number of anilines is 1. The number of benzene rings is 2. The molecule has 7 heteroatoms. The molecule has 2 aromatic carbocycles. The van der Waals surface area contributed by atoms with Gasteiger partial charge in [-0.1, -0.05) is 18.2 Å². The maximum absolute atomic E-state index is 11.3. The lowest BCUT2D eigenvalue weighted by Crippen LogP contribution is -2.38. The highest BCUT2D eigenvalue weighted by atomic mass is 16.5. The van der Waals surface area contributed by atoms with Gasteiger partial charge in [-0.2, -0.15) is 0 Å². The average molecular weight is 427 g/mol. The summed E-state index contributed by atoms with van der Waals surface area (Å²) in [6.07, 6.45) is 0. The zero-order chi connectivity index (χ0) is 22.6. The topological polar surface area (TPSA) is 84.0 Å². The largest absolute Gasteiger partial charge is 0.490 e. The minimum absolute atomic E-state index is 0.0124. The fourth-order valence-electron chi connectivity index (χ4n) is 3.07. The molecule has 0 aliphatic carbocycles. The van der Waals surface area contributed by atoms with Crippen LogP contribution in [-0.4, -0.2) is 31.6 Å². The van der Waals surface area contributed by atoms with Crippen molar-refractivity contribution in [1.29, 1.82) is 0 Å². The Morgan fingerprint density at radius 2 is 1.77 bits per heavy atom. The van der Waals surface area contributed by atoms with E-state index >= 15 is 0 Å². The lowest BCUT2D eigenvalue weighted by Gasteiger charge is -2.20. The maximum atomic E-state index is 11.3. The van der Waals surface area contributed by atoms with E-state index in [0.29, 0.717) is 25.7 Å². The second kappa shape index (κ2) is 12.5. The van der Waals surface area contributed by atoms with Crippen LogP contribution in [0.15, 0.2) is 47.5 Å². The zero-order valence-corrected chi connectivity index (χ0v) is 19.1. The van der Waals surface area contributed by atoms with Gasteiger partial charge >= 0.3 is 0 Å². The van der Waals surface area contributed by atoms with Crippen LogP contribution in [0.1, 0.15) is 51.8 Å². The molecule has 1 unspecified atom stereocenters. The van der Waals surface area contributed by atoms with Gasteiger partial charge < -0.3 is 25.4 Å². The number of ether oxygens (including phenoxy) is 2. The molecule has 0 spiro atoms. The van der Waals surface area contributed by atoms with E-state index in [9.17, 15) is 4.79 Å². The van der Waals surface area contributed by atoms with E-state index < -0.39 is 0 Å². The first-order chi connectivity index (χ1) is 15.0. The monoisotopic (exact) mass is 426 g/mol. The molecular formula is C24H34N4O3. The zero-order valence-electron chi connectivity index (χ0n) is 19.1. The van der Waals surface area contributed by atoms with Crippen molar-refractivity contribution in [3.63, 3.8) is 0 Å². The minimum Gasteiger partial charge on any atom is -0.490 e. The van der Waals surface area contributed by atoms with Gasteiger partial charge in [-0.15, -0.1) is 0 Å². The molecule has 0 radical (unpaired) electrons. The Hall–Kier alpha value is -3.22. The number of rotatable bonds is 10. The Balaban J connectivity index is 2.13. The normalized spacial score (nSPS) is 12.1. The highest BCUT2D eigenvalue weighted by Crippen LogP contribution is 2.30. The first-order valence-electron chi connectivity index (χ1n) is 10.8. The summed E-state index contributed by atoms with van der Waals surface area (Å²) in [5.74, 6) is 2.12. The van der Waals surface area contributed by atoms with E-state index in [1.54, 1.807) is 0 Å². The molecule has 1 atom stereocenters. The molecule has 3 N–H and O–H groups in total. The predicted octanol–water partition coefficient (Wildman–Crippen LogP) is 4.26. The number of aliphatic imine (C=N–C) groups is 1. The summed E-state index contributed by atoms with van der Waals surface area (Å²) in [7, 11) is 0. The van der Waals surface area contributed by atoms with E-state index in [1.807, 2.05) is 63.2 Å². The number of guanidine groups is 1. The molecule has 0 aromatic heterocycles. The summed E-state index contributed by atoms with van der Waals surface area (Å²) in [5.41, 5.74) is 2.85. The molecule has 1 amide bonds. The predicted molar refractivity (Wildman–Crippen MR) is 126 cm³/mol. The van der Waals surface area contributed by atoms with Gasteiger partial charge in [0.2, 0.25) is 5.91 Å². The van der Waals surface area contributed by atoms with Crippen molar-refractivity contribution in [2.24, 2.45) is 4.99 Å². The molecule has 0 heterocycles. The number of hydrogen-bond acceptors (Lipinski definition) is 4. The van der Waals surface area contributed by atoms with Crippen LogP contribution in [0.3, 0.4) is 0 Å². The minimum atomic E-state index is -0.0914. The van der Waals surface area contributed by atoms with Gasteiger partial charge in [0.05, 0.1) is 25.8 Å². The van der Waals surface area contributed by atoms with Crippen LogP contribution in [0, 0.1) is 0 Å². The smallest absolute Gasteiger partial charge is 0.221 e. The lowest BCUT2D eigenvalue weighted by atomic mass is 10.1. The average Bonchev–Trinajstić information content (AvgIpc) is 2.73. The van der Waals surface area contributed by atoms with Crippen LogP contribution >= 0.6 is 0 Å². The molecular weight excluding hydrogens is 392 g/mol. The molecule has 0 aliphatic heterocycles. The Labute approximate surface area is 185 Å². The third-order valence-electron chi connectivity index (χ3n) is 4.43. The SMILES string of the molecule is CCNC(=NCc1cccc(NC(C)=O)c1)NC(C)c1ccc(OCC)c(OCC)c1. The van der Waals surface area contributed by atoms with Gasteiger partial charge in [-0.25, -0.2) is 4.99 Å². The van der Waals surface area contributed by atoms with E-state index in [-0.39, 0.29) is 11.9 Å². The van der Waals surface area contributed by atoms with Gasteiger partial charge in [-0.05, 0) is 63.1 Å². The molecule has 2 aromatic rings. The third kappa shape index (κ3) is 7.85. The van der Waals surface area contributed by atoms with Crippen molar-refractivity contribution in [2.75, 3.05) is 25.1 Å². The van der Waals surface area contributed by atoms with Crippen molar-refractivity contribution in [2.45, 2.75) is 47.2 Å². The van der Waals surface area contributed by atoms with Gasteiger partial charge in [0, 0.05) is 19.2 Å². The van der Waals surface area contributed by atoms with Crippen LogP contribution in [0.5, 0.6) is 11.5 Å². The number of carbonyl (C=O) groups is 1. The quantitative estimate of drug-likeness (QED) is 0.391. The van der Waals surface area contributed by atoms with Crippen molar-refractivity contribution in [1.82, 2.24) is 10.6 Å². The molecule has 0 saturated carbocycles. The standard InChI is InChI=1S/C24H34N4O3/c1-6-25-24(26-16-19-10-9-11-21(14-19)28-18(5)29)27-17(4)20-12-13-22(30-7-2)23(15-20)31-8-3/h9-15,17H,6-8,16H2,1-5H3,(H,28,29)(H2,25,26,27). The summed E-state index contributed by atoms with van der Waals surface area (Å²) in [5, 5.41) is 9.53. The Morgan fingerprint density at radius 3 is 2.45 bits per heavy atom. The molecule has 0 saturated heterocycles. The summed E-state index contributed by atoms with van der Waals surface area (Å²) in [6.45, 7) is 11.9. The molecule has 0 fully saturated rings. The van der Waals surface area contributed by atoms with Crippen molar-refractivity contribution in [3.05, 3.63) is 53.6 Å². The number of amides is 1. The highest BCUT2D eigenvalue weighted by molar-refractivity contribution is 5.88. The van der Waals surface area contributed by atoms with E-state index in [2.05, 4.69) is 22.9 Å². The highest BCUT2D eigenvalue weighted by Gasteiger charge is 2.12. The number of hydrogen-bond donors (Lipinski definition) is 3. The van der Waals surface area contributed by atoms with Crippen LogP contribution in [0.2, 0.25) is 0 Å². The fourth-order valence-corrected chi connectivity index (χ4v) is 3.07. The van der Waals surface area contributed by atoms with Gasteiger partial charge in [0.15, 0.2) is 17.5 Å². The first-order valence-corrected chi connectivity index (χ1v) is 10.8. The van der Waals surface area contributed by atoms with Crippen LogP contribution < -0.4 is 25.4 Å². The van der Waals surface area contributed by atoms with Crippen molar-refractivity contribution >= 4 is 17.6 Å². The lowest BCUT2D eigenvalue weighted by molar-refractivity contribution is -0.114. The number of carbonyl (C=O) groups excluding carboxylic acids is 1. The fraction of sp³-hybridized carbons (Fsp3) is 0.417. The van der Waals surface area contributed by atoms with Crippen LogP contribution in [0.25, 0.3) is 0 Å².